The molecule has 0 bridgehead atoms. The molecular formula is C73H83Cl2F3N2O20S. The SMILES string of the molecule is COc1cn(C(CCOC2CCC2)C(=O)Cc2ccc(C(=O)O)cc2)c(=O)cc1-c1cc(Cl)ccc1C(C)=O.COc1cn(C(CCOC2CCC2)C(=O)Cc2ccc(C(=O)O)cc2)c(=O)cc1-c1cc(Cl)ccc1C(C)=O.O=S(=O)(OCCOC1CCC1)C(F)(F)F.OCCOC1CCC1. The number of carbonyl (C=O) groups is 6. The Morgan fingerprint density at radius 2 is 0.861 bits per heavy atom. The van der Waals surface area contributed by atoms with E-state index >= 15 is 0 Å². The van der Waals surface area contributed by atoms with Gasteiger partial charge in [0.1, 0.15) is 11.5 Å². The van der Waals surface area contributed by atoms with Gasteiger partial charge >= 0.3 is 27.6 Å². The number of ether oxygens (including phenoxy) is 6. The highest BCUT2D eigenvalue weighted by molar-refractivity contribution is 7.87. The Labute approximate surface area is 592 Å². The first-order chi connectivity index (χ1) is 48.1. The normalized spacial score (nSPS) is 15.2. The molecule has 22 nitrogen and oxygen atoms in total. The summed E-state index contributed by atoms with van der Waals surface area (Å²) in [7, 11) is -2.56. The van der Waals surface area contributed by atoms with Gasteiger partial charge in [0.25, 0.3) is 11.1 Å². The van der Waals surface area contributed by atoms with Crippen LogP contribution in [0.2, 0.25) is 10.0 Å². The molecule has 0 saturated heterocycles. The van der Waals surface area contributed by atoms with Crippen LogP contribution in [0.25, 0.3) is 22.3 Å². The van der Waals surface area contributed by atoms with Crippen LogP contribution in [0.5, 0.6) is 11.5 Å². The topological polar surface area (TPSA) is 306 Å². The van der Waals surface area contributed by atoms with Crippen molar-refractivity contribution in [3.8, 4) is 33.8 Å². The molecule has 4 aromatic carbocycles. The number of methoxy groups -OCH3 is 2. The predicted octanol–water partition coefficient (Wildman–Crippen LogP) is 12.7. The summed E-state index contributed by atoms with van der Waals surface area (Å²) in [5.74, 6) is -2.31. The predicted molar refractivity (Wildman–Crippen MR) is 369 cm³/mol. The maximum atomic E-state index is 13.6. The first kappa shape index (κ1) is 80.4. The lowest BCUT2D eigenvalue weighted by Crippen LogP contribution is -2.32. The fourth-order valence-corrected chi connectivity index (χ4v) is 11.7. The molecule has 10 rings (SSSR count). The number of carboxylic acid groups (broad SMARTS) is 2. The molecule has 4 aliphatic rings. The highest BCUT2D eigenvalue weighted by Gasteiger charge is 2.47. The van der Waals surface area contributed by atoms with Gasteiger partial charge in [0.2, 0.25) is 0 Å². The molecule has 2 atom stereocenters. The molecule has 28 heteroatoms. The Morgan fingerprint density at radius 1 is 0.515 bits per heavy atom. The summed E-state index contributed by atoms with van der Waals surface area (Å²) >= 11 is 12.4. The van der Waals surface area contributed by atoms with Crippen molar-refractivity contribution in [1.29, 1.82) is 0 Å². The Balaban J connectivity index is 0.000000216. The van der Waals surface area contributed by atoms with Crippen LogP contribution >= 0.6 is 23.2 Å². The molecule has 4 aliphatic carbocycles. The summed E-state index contributed by atoms with van der Waals surface area (Å²) in [5.41, 5.74) is -2.22. The van der Waals surface area contributed by atoms with Crippen LogP contribution in [0, 0.1) is 0 Å². The second-order valence-electron chi connectivity index (χ2n) is 24.5. The lowest BCUT2D eigenvalue weighted by Gasteiger charge is -2.27. The van der Waals surface area contributed by atoms with Gasteiger partial charge in [-0.05, 0) is 187 Å². The molecule has 3 N–H and O–H groups in total. The van der Waals surface area contributed by atoms with E-state index in [-0.39, 0.29) is 91.5 Å². The molecule has 101 heavy (non-hydrogen) atoms. The Hall–Kier alpha value is -7.92. The summed E-state index contributed by atoms with van der Waals surface area (Å²) in [5, 5.41) is 27.4. The highest BCUT2D eigenvalue weighted by Crippen LogP contribution is 2.37. The summed E-state index contributed by atoms with van der Waals surface area (Å²) < 4.78 is 95.6. The molecule has 6 aromatic rings. The second kappa shape index (κ2) is 38.4. The van der Waals surface area contributed by atoms with Crippen LogP contribution in [0.4, 0.5) is 13.2 Å². The van der Waals surface area contributed by atoms with Crippen molar-refractivity contribution in [2.45, 2.75) is 159 Å². The number of ketones is 4. The van der Waals surface area contributed by atoms with E-state index < -0.39 is 57.4 Å². The van der Waals surface area contributed by atoms with Crippen molar-refractivity contribution in [2.75, 3.05) is 53.9 Å². The monoisotopic (exact) mass is 1470 g/mol. The lowest BCUT2D eigenvalue weighted by molar-refractivity contribution is -0.123. The summed E-state index contributed by atoms with van der Waals surface area (Å²) in [4.78, 5) is 101. The van der Waals surface area contributed by atoms with Crippen LogP contribution < -0.4 is 20.6 Å². The molecular weight excluding hydrogens is 1380 g/mol. The van der Waals surface area contributed by atoms with Gasteiger partial charge in [-0.3, -0.25) is 33.0 Å². The van der Waals surface area contributed by atoms with Crippen LogP contribution in [0.1, 0.15) is 168 Å². The number of alkyl halides is 3. The number of pyridine rings is 2. The van der Waals surface area contributed by atoms with E-state index in [1.165, 1.54) is 105 Å². The molecule has 2 unspecified atom stereocenters. The Kier molecular flexibility index (Phi) is 30.5. The number of aliphatic hydroxyl groups is 1. The van der Waals surface area contributed by atoms with E-state index in [4.69, 9.17) is 66.9 Å². The van der Waals surface area contributed by atoms with Crippen LogP contribution in [0.3, 0.4) is 0 Å². The molecule has 546 valence electrons. The van der Waals surface area contributed by atoms with Gasteiger partial charge in [-0.2, -0.15) is 21.6 Å². The minimum Gasteiger partial charge on any atom is -0.495 e. The highest BCUT2D eigenvalue weighted by atomic mass is 35.5. The zero-order chi connectivity index (χ0) is 73.6. The van der Waals surface area contributed by atoms with Crippen molar-refractivity contribution < 1.29 is 98.3 Å². The van der Waals surface area contributed by atoms with Gasteiger partial charge in [-0.25, -0.2) is 9.59 Å². The van der Waals surface area contributed by atoms with Crippen LogP contribution in [0.15, 0.2) is 119 Å². The van der Waals surface area contributed by atoms with Gasteiger partial charge in [0, 0.05) is 70.5 Å². The number of rotatable bonds is 32. The summed E-state index contributed by atoms with van der Waals surface area (Å²) in [6.07, 6.45) is 17.0. The average Bonchev–Trinajstić information content (AvgIpc) is 0.785. The average molecular weight is 1470 g/mol. The number of hydrogen-bond donors (Lipinski definition) is 3. The molecule has 4 fully saturated rings. The van der Waals surface area contributed by atoms with E-state index in [1.54, 1.807) is 60.7 Å². The van der Waals surface area contributed by atoms with Crippen molar-refractivity contribution in [1.82, 2.24) is 9.13 Å². The van der Waals surface area contributed by atoms with E-state index in [0.29, 0.717) is 92.0 Å². The first-order valence-corrected chi connectivity index (χ1v) is 35.2. The molecule has 0 radical (unpaired) electrons. The minimum atomic E-state index is -5.46. The van der Waals surface area contributed by atoms with E-state index in [0.717, 1.165) is 57.8 Å². The number of aromatic carboxylic acids is 2. The van der Waals surface area contributed by atoms with E-state index in [2.05, 4.69) is 4.18 Å². The number of halogens is 5. The van der Waals surface area contributed by atoms with E-state index in [9.17, 15) is 59.9 Å². The largest absolute Gasteiger partial charge is 0.523 e. The standard InChI is InChI=1S/2C30H30ClNO7.C7H11F3O4S.C6H12O2/c2*1-18(33)23-11-10-21(31)15-24(23)25-16-29(35)32(17-28(25)38-2)26(12-13-39-22-4-3-5-22)27(34)14-19-6-8-20(9-7-19)30(36)37;8-7(9,10)15(11,12)14-5-4-13-6-2-1-3-6;7-4-5-8-6-2-1-3-6/h2*6-11,15-17,22,26H,3-5,12-14H2,1-2H3,(H,36,37);6H,1-5H2;6-7H,1-5H2. The molecule has 2 aromatic heterocycles. The van der Waals surface area contributed by atoms with Crippen molar-refractivity contribution in [2.24, 2.45) is 0 Å². The maximum absolute atomic E-state index is 13.6. The van der Waals surface area contributed by atoms with Crippen LogP contribution in [-0.4, -0.2) is 152 Å². The third-order valence-electron chi connectivity index (χ3n) is 17.5. The number of nitrogens with zero attached hydrogens (tertiary/aromatic N) is 2. The summed E-state index contributed by atoms with van der Waals surface area (Å²) in [6, 6.07) is 22.8. The summed E-state index contributed by atoms with van der Waals surface area (Å²) in [6.45, 7) is 3.41. The number of benzene rings is 4. The number of aliphatic hydroxyl groups excluding tert-OH is 1. The van der Waals surface area contributed by atoms with Crippen molar-refractivity contribution in [3.05, 3.63) is 174 Å². The van der Waals surface area contributed by atoms with E-state index in [1.807, 2.05) is 0 Å². The van der Waals surface area contributed by atoms with Gasteiger partial charge in [0.05, 0.1) is 101 Å². The third-order valence-corrected chi connectivity index (χ3v) is 19.0. The molecule has 0 amide bonds. The molecule has 2 heterocycles. The quantitative estimate of drug-likeness (QED) is 0.0153. The number of aromatic nitrogens is 2. The zero-order valence-electron chi connectivity index (χ0n) is 56.4. The molecule has 0 spiro atoms. The second-order valence-corrected chi connectivity index (χ2v) is 27.0. The van der Waals surface area contributed by atoms with Crippen LogP contribution in [-0.2, 0) is 55.7 Å². The van der Waals surface area contributed by atoms with Gasteiger partial charge < -0.3 is 52.9 Å². The fraction of sp³-hybridized carbons (Fsp3) is 0.452. The third kappa shape index (κ3) is 23.3. The maximum Gasteiger partial charge on any atom is 0.523 e. The van der Waals surface area contributed by atoms with Gasteiger partial charge in [0.15, 0.2) is 23.1 Å². The molecule has 4 saturated carbocycles. The fourth-order valence-electron chi connectivity index (χ4n) is 10.9. The van der Waals surface area contributed by atoms with Crippen molar-refractivity contribution in [3.63, 3.8) is 0 Å². The van der Waals surface area contributed by atoms with Gasteiger partial charge in [-0.15, -0.1) is 0 Å². The number of carboxylic acids is 2. The van der Waals surface area contributed by atoms with Gasteiger partial charge in [-0.1, -0.05) is 47.5 Å². The Morgan fingerprint density at radius 3 is 1.16 bits per heavy atom. The Bertz CT molecular complexity index is 3850. The lowest BCUT2D eigenvalue weighted by atomic mass is 9.96. The molecule has 0 aliphatic heterocycles. The number of Topliss-reactive ketones (excluding diaryl/α,β-unsaturated/α-hetero) is 4. The zero-order valence-corrected chi connectivity index (χ0v) is 58.7. The number of carbonyl (C=O) groups excluding carboxylic acids is 4. The first-order valence-electron chi connectivity index (χ1n) is 33.1. The number of hydrogen-bond acceptors (Lipinski definition) is 18. The van der Waals surface area contributed by atoms with Crippen molar-refractivity contribution >= 4 is 68.4 Å². The smallest absolute Gasteiger partial charge is 0.495 e. The minimum absolute atomic E-state index is 0.00722.